The molecule has 0 aliphatic rings. The van der Waals surface area contributed by atoms with Crippen LogP contribution in [0.15, 0.2) is 6.07 Å². The Morgan fingerprint density at radius 2 is 1.85 bits per heavy atom. The van der Waals surface area contributed by atoms with Gasteiger partial charge in [0.25, 0.3) is 0 Å². The fraction of sp³-hybridized carbons (Fsp3) is 0. The number of phenolic OH excluding ortho intramolecular Hbond substituents is 1. The highest BCUT2D eigenvalue weighted by atomic mass is 32.1. The maximum absolute atomic E-state index is 12.9. The maximum Gasteiger partial charge on any atom is 0.203 e. The van der Waals surface area contributed by atoms with Crippen LogP contribution in [0.5, 0.6) is 5.75 Å². The first-order valence-electron chi connectivity index (χ1n) is 3.11. The first kappa shape index (κ1) is 9.79. The average Bonchev–Trinajstić information content (AvgIpc) is 2.07. The highest BCUT2D eigenvalue weighted by Gasteiger charge is 2.18. The zero-order valence-corrected chi connectivity index (χ0v) is 6.96. The van der Waals surface area contributed by atoms with Gasteiger partial charge in [-0.15, -0.1) is 0 Å². The van der Waals surface area contributed by atoms with Crippen LogP contribution in [0.25, 0.3) is 0 Å². The minimum Gasteiger partial charge on any atom is -0.503 e. The third-order valence-electron chi connectivity index (χ3n) is 1.40. The first-order chi connectivity index (χ1) is 5.95. The van der Waals surface area contributed by atoms with Crippen LogP contribution in [-0.2, 0) is 0 Å². The molecule has 0 radical (unpaired) electrons. The molecule has 0 aliphatic heterocycles. The lowest BCUT2D eigenvalue weighted by molar-refractivity contribution is 0.376. The fourth-order valence-corrected chi connectivity index (χ4v) is 0.918. The van der Waals surface area contributed by atoms with Crippen molar-refractivity contribution in [2.24, 2.45) is 5.73 Å². The van der Waals surface area contributed by atoms with E-state index in [0.29, 0.717) is 6.07 Å². The number of halogens is 3. The summed E-state index contributed by atoms with van der Waals surface area (Å²) >= 11 is 4.35. The van der Waals surface area contributed by atoms with E-state index in [-0.39, 0.29) is 0 Å². The third-order valence-corrected chi connectivity index (χ3v) is 1.62. The van der Waals surface area contributed by atoms with E-state index in [0.717, 1.165) is 0 Å². The summed E-state index contributed by atoms with van der Waals surface area (Å²) in [6, 6.07) is 0.493. The van der Waals surface area contributed by atoms with Crippen LogP contribution in [0.2, 0.25) is 0 Å². The van der Waals surface area contributed by atoms with Crippen molar-refractivity contribution < 1.29 is 18.3 Å². The van der Waals surface area contributed by atoms with Gasteiger partial charge >= 0.3 is 0 Å². The van der Waals surface area contributed by atoms with Crippen molar-refractivity contribution in [2.75, 3.05) is 0 Å². The van der Waals surface area contributed by atoms with Crippen molar-refractivity contribution in [1.29, 1.82) is 0 Å². The van der Waals surface area contributed by atoms with E-state index in [2.05, 4.69) is 12.2 Å². The summed E-state index contributed by atoms with van der Waals surface area (Å²) < 4.78 is 37.9. The monoisotopic (exact) mass is 207 g/mol. The summed E-state index contributed by atoms with van der Waals surface area (Å²) in [7, 11) is 0. The van der Waals surface area contributed by atoms with E-state index >= 15 is 0 Å². The lowest BCUT2D eigenvalue weighted by Crippen LogP contribution is -2.13. The Kier molecular flexibility index (Phi) is 2.42. The average molecular weight is 207 g/mol. The van der Waals surface area contributed by atoms with E-state index in [4.69, 9.17) is 10.8 Å². The zero-order valence-electron chi connectivity index (χ0n) is 6.14. The number of nitrogens with two attached hydrogens (primary N) is 1. The third kappa shape index (κ3) is 1.57. The molecule has 2 nitrogen and oxygen atoms in total. The van der Waals surface area contributed by atoms with Gasteiger partial charge in [-0.05, 0) is 6.07 Å². The van der Waals surface area contributed by atoms with Crippen LogP contribution in [0.3, 0.4) is 0 Å². The van der Waals surface area contributed by atoms with Crippen LogP contribution < -0.4 is 5.73 Å². The smallest absolute Gasteiger partial charge is 0.203 e. The number of benzene rings is 1. The molecule has 0 saturated carbocycles. The molecule has 70 valence electrons. The Labute approximate surface area is 76.8 Å². The molecule has 1 aromatic carbocycles. The van der Waals surface area contributed by atoms with E-state index in [1.807, 2.05) is 0 Å². The molecule has 0 unspecified atom stereocenters. The van der Waals surface area contributed by atoms with Gasteiger partial charge in [-0.2, -0.15) is 4.39 Å². The van der Waals surface area contributed by atoms with Crippen LogP contribution in [0.1, 0.15) is 5.56 Å². The molecule has 0 aromatic heterocycles. The summed E-state index contributed by atoms with van der Waals surface area (Å²) in [5, 5.41) is 8.71. The highest BCUT2D eigenvalue weighted by Crippen LogP contribution is 2.25. The van der Waals surface area contributed by atoms with Gasteiger partial charge in [-0.1, -0.05) is 12.2 Å². The first-order valence-corrected chi connectivity index (χ1v) is 3.52. The van der Waals surface area contributed by atoms with Crippen LogP contribution in [-0.4, -0.2) is 10.1 Å². The Balaban J connectivity index is 3.50. The molecular formula is C7H4F3NOS. The molecular weight excluding hydrogens is 203 g/mol. The summed E-state index contributed by atoms with van der Waals surface area (Å²) in [6.45, 7) is 0. The molecule has 0 atom stereocenters. The second kappa shape index (κ2) is 3.21. The summed E-state index contributed by atoms with van der Waals surface area (Å²) in [4.78, 5) is -0.452. The Morgan fingerprint density at radius 1 is 1.31 bits per heavy atom. The van der Waals surface area contributed by atoms with E-state index in [1.54, 1.807) is 0 Å². The van der Waals surface area contributed by atoms with Crippen molar-refractivity contribution >= 4 is 17.2 Å². The van der Waals surface area contributed by atoms with Crippen molar-refractivity contribution in [1.82, 2.24) is 0 Å². The van der Waals surface area contributed by atoms with Crippen molar-refractivity contribution in [3.8, 4) is 5.75 Å². The van der Waals surface area contributed by atoms with Crippen LogP contribution in [0, 0.1) is 17.5 Å². The Morgan fingerprint density at radius 3 is 2.31 bits per heavy atom. The SMILES string of the molecule is NC(=S)c1cc(F)c(F)c(O)c1F. The molecule has 0 spiro atoms. The Bertz CT molecular complexity index is 380. The number of thiocarbonyl (C=S) groups is 1. The molecule has 1 rings (SSSR count). The molecule has 1 aromatic rings. The maximum atomic E-state index is 12.9. The minimum absolute atomic E-state index is 0.452. The van der Waals surface area contributed by atoms with E-state index in [1.165, 1.54) is 0 Å². The van der Waals surface area contributed by atoms with E-state index in [9.17, 15) is 13.2 Å². The van der Waals surface area contributed by atoms with Crippen molar-refractivity contribution in [3.05, 3.63) is 29.1 Å². The standard InChI is InChI=1S/C7H4F3NOS/c8-3-1-2(7(11)13)4(9)6(12)5(3)10/h1,12H,(H2,11,13). The molecule has 3 N–H and O–H groups in total. The Hall–Kier alpha value is -1.30. The minimum atomic E-state index is -1.66. The molecule has 0 aliphatic carbocycles. The predicted octanol–water partition coefficient (Wildman–Crippen LogP) is 1.44. The lowest BCUT2D eigenvalue weighted by atomic mass is 10.2. The number of hydrogen-bond acceptors (Lipinski definition) is 2. The topological polar surface area (TPSA) is 46.2 Å². The summed E-state index contributed by atoms with van der Waals surface area (Å²) in [5.41, 5.74) is 4.47. The number of aromatic hydroxyl groups is 1. The second-order valence-corrected chi connectivity index (χ2v) is 2.69. The van der Waals surface area contributed by atoms with Gasteiger partial charge in [0.05, 0.1) is 5.56 Å². The molecule has 0 amide bonds. The van der Waals surface area contributed by atoms with Gasteiger partial charge in [0.2, 0.25) is 5.82 Å². The van der Waals surface area contributed by atoms with Crippen LogP contribution in [0.4, 0.5) is 13.2 Å². The molecule has 6 heteroatoms. The largest absolute Gasteiger partial charge is 0.503 e. The highest BCUT2D eigenvalue weighted by molar-refractivity contribution is 7.80. The zero-order chi connectivity index (χ0) is 10.2. The van der Waals surface area contributed by atoms with E-state index < -0.39 is 33.8 Å². The van der Waals surface area contributed by atoms with Gasteiger partial charge in [0.1, 0.15) is 4.99 Å². The van der Waals surface area contributed by atoms with Crippen LogP contribution >= 0.6 is 12.2 Å². The van der Waals surface area contributed by atoms with Crippen molar-refractivity contribution in [2.45, 2.75) is 0 Å². The fourth-order valence-electron chi connectivity index (χ4n) is 0.770. The lowest BCUT2D eigenvalue weighted by Gasteiger charge is -2.04. The number of rotatable bonds is 1. The quantitative estimate of drug-likeness (QED) is 0.541. The van der Waals surface area contributed by atoms with Gasteiger partial charge in [0, 0.05) is 0 Å². The van der Waals surface area contributed by atoms with Gasteiger partial charge in [0.15, 0.2) is 17.4 Å². The normalized spacial score (nSPS) is 10.1. The molecule has 0 bridgehead atoms. The molecule has 0 saturated heterocycles. The molecule has 13 heavy (non-hydrogen) atoms. The molecule has 0 fully saturated rings. The van der Waals surface area contributed by atoms with Gasteiger partial charge < -0.3 is 10.8 Å². The van der Waals surface area contributed by atoms with Crippen molar-refractivity contribution in [3.63, 3.8) is 0 Å². The second-order valence-electron chi connectivity index (χ2n) is 2.25. The molecule has 0 heterocycles. The summed E-state index contributed by atoms with van der Waals surface area (Å²) in [6.07, 6.45) is 0. The number of hydrogen-bond donors (Lipinski definition) is 2. The van der Waals surface area contributed by atoms with Gasteiger partial charge in [-0.3, -0.25) is 0 Å². The summed E-state index contributed by atoms with van der Waals surface area (Å²) in [5.74, 6) is -5.83. The predicted molar refractivity (Wildman–Crippen MR) is 43.9 cm³/mol. The van der Waals surface area contributed by atoms with Gasteiger partial charge in [-0.25, -0.2) is 8.78 Å². The number of phenols is 1.